The van der Waals surface area contributed by atoms with Gasteiger partial charge in [-0.3, -0.25) is 14.3 Å². The zero-order chi connectivity index (χ0) is 29.1. The van der Waals surface area contributed by atoms with Crippen LogP contribution in [0.25, 0.3) is 0 Å². The van der Waals surface area contributed by atoms with Crippen molar-refractivity contribution in [3.63, 3.8) is 0 Å². The van der Waals surface area contributed by atoms with Crippen LogP contribution in [0.2, 0.25) is 0 Å². The Balaban J connectivity index is 1.54. The highest BCUT2D eigenvalue weighted by molar-refractivity contribution is 6.04. The van der Waals surface area contributed by atoms with E-state index in [0.29, 0.717) is 0 Å². The van der Waals surface area contributed by atoms with E-state index in [1.807, 2.05) is 36.9 Å². The third-order valence-electron chi connectivity index (χ3n) is 13.6. The number of carbonyl (C=O) groups excluding carboxylic acids is 2. The molecule has 1 heterocycles. The molecule has 0 amide bonds. The van der Waals surface area contributed by atoms with E-state index in [-0.39, 0.29) is 56.1 Å². The molecule has 0 saturated heterocycles. The predicted octanol–water partition coefficient (Wildman–Crippen LogP) is 6.89. The fraction of sp³-hybridized carbons (Fsp3) is 0.735. The maximum Gasteiger partial charge on any atom is 0.178 e. The molecule has 0 aliphatic heterocycles. The molecule has 40 heavy (non-hydrogen) atoms. The molecule has 0 radical (unpaired) electrons. The van der Waals surface area contributed by atoms with Gasteiger partial charge in [-0.05, 0) is 84.0 Å². The number of rotatable bonds is 2. The topological polar surface area (TPSA) is 88.6 Å². The first-order chi connectivity index (χ1) is 18.5. The number of aromatic nitrogens is 3. The molecule has 6 nitrogen and oxygen atoms in total. The fourth-order valence-electron chi connectivity index (χ4n) is 11.5. The summed E-state index contributed by atoms with van der Waals surface area (Å²) < 4.78 is 2.00. The highest BCUT2D eigenvalue weighted by Gasteiger charge is 2.73. The van der Waals surface area contributed by atoms with E-state index < -0.39 is 10.8 Å². The van der Waals surface area contributed by atoms with Gasteiger partial charge in [0.2, 0.25) is 0 Å². The van der Waals surface area contributed by atoms with Crippen molar-refractivity contribution < 1.29 is 9.59 Å². The number of carbonyl (C=O) groups is 2. The van der Waals surface area contributed by atoms with Crippen LogP contribution < -0.4 is 0 Å². The van der Waals surface area contributed by atoms with E-state index in [9.17, 15) is 14.9 Å². The molecule has 0 bridgehead atoms. The molecule has 7 atom stereocenters. The molecule has 0 aromatic carbocycles. The molecule has 5 aliphatic rings. The lowest BCUT2D eigenvalue weighted by Gasteiger charge is -2.72. The Labute approximate surface area is 239 Å². The Hall–Kier alpha value is -2.55. The molecule has 6 rings (SSSR count). The molecule has 0 N–H and O–H groups in total. The van der Waals surface area contributed by atoms with E-state index >= 15 is 0 Å². The first kappa shape index (κ1) is 27.6. The first-order valence-electron chi connectivity index (χ1n) is 15.3. The Morgan fingerprint density at radius 3 is 2.33 bits per heavy atom. The largest absolute Gasteiger partial charge is 0.295 e. The third kappa shape index (κ3) is 3.21. The van der Waals surface area contributed by atoms with Crippen molar-refractivity contribution in [2.45, 2.75) is 107 Å². The summed E-state index contributed by atoms with van der Waals surface area (Å²) >= 11 is 0. The van der Waals surface area contributed by atoms with Gasteiger partial charge in [0.25, 0.3) is 0 Å². The smallest absolute Gasteiger partial charge is 0.178 e. The van der Waals surface area contributed by atoms with E-state index in [0.717, 1.165) is 57.1 Å². The summed E-state index contributed by atoms with van der Waals surface area (Å²) in [7, 11) is 0. The number of nitriles is 1. The van der Waals surface area contributed by atoms with E-state index in [2.05, 4.69) is 57.9 Å². The van der Waals surface area contributed by atoms with Crippen LogP contribution in [-0.2, 0) is 16.1 Å². The first-order valence-corrected chi connectivity index (χ1v) is 15.3. The number of Topliss-reactive ketones (excluding diaryl/α,β-unsaturated/α-hetero) is 1. The van der Waals surface area contributed by atoms with Crippen molar-refractivity contribution in [3.8, 4) is 6.07 Å². The maximum atomic E-state index is 14.8. The van der Waals surface area contributed by atoms with Crippen LogP contribution in [0.3, 0.4) is 0 Å². The van der Waals surface area contributed by atoms with Crippen LogP contribution in [0, 0.1) is 61.1 Å². The van der Waals surface area contributed by atoms with Crippen LogP contribution in [0.4, 0.5) is 0 Å². The van der Waals surface area contributed by atoms with E-state index in [1.165, 1.54) is 0 Å². The van der Waals surface area contributed by atoms with Gasteiger partial charge in [0, 0.05) is 29.5 Å². The van der Waals surface area contributed by atoms with Crippen LogP contribution in [0.5, 0.6) is 0 Å². The zero-order valence-electron chi connectivity index (χ0n) is 25.7. The summed E-state index contributed by atoms with van der Waals surface area (Å²) in [5.74, 6) is 0.168. The van der Waals surface area contributed by atoms with Gasteiger partial charge in [0.15, 0.2) is 11.6 Å². The normalized spacial score (nSPS) is 45.2. The summed E-state index contributed by atoms with van der Waals surface area (Å²) in [6.07, 6.45) is 14.9. The minimum Gasteiger partial charge on any atom is -0.295 e. The van der Waals surface area contributed by atoms with Crippen LogP contribution in [-0.4, -0.2) is 26.6 Å². The second-order valence-electron chi connectivity index (χ2n) is 16.4. The van der Waals surface area contributed by atoms with E-state index in [4.69, 9.17) is 0 Å². The molecule has 5 aliphatic carbocycles. The molecule has 1 unspecified atom stereocenters. The van der Waals surface area contributed by atoms with Crippen molar-refractivity contribution in [2.24, 2.45) is 49.7 Å². The van der Waals surface area contributed by atoms with Crippen LogP contribution in [0.15, 0.2) is 35.7 Å². The number of hydrogen-bond acceptors (Lipinski definition) is 5. The second kappa shape index (κ2) is 8.05. The average molecular weight is 543 g/mol. The minimum absolute atomic E-state index is 0.0218. The Bertz CT molecular complexity index is 1390. The van der Waals surface area contributed by atoms with Crippen molar-refractivity contribution in [1.82, 2.24) is 15.0 Å². The van der Waals surface area contributed by atoms with Gasteiger partial charge in [-0.15, -0.1) is 5.10 Å². The zero-order valence-corrected chi connectivity index (χ0v) is 25.7. The van der Waals surface area contributed by atoms with E-state index in [1.54, 1.807) is 6.20 Å². The molecule has 3 fully saturated rings. The monoisotopic (exact) mass is 542 g/mol. The maximum absolute atomic E-state index is 14.8. The van der Waals surface area contributed by atoms with Crippen LogP contribution >= 0.6 is 0 Å². The van der Waals surface area contributed by atoms with Gasteiger partial charge < -0.3 is 0 Å². The van der Waals surface area contributed by atoms with Gasteiger partial charge >= 0.3 is 0 Å². The second-order valence-corrected chi connectivity index (χ2v) is 16.4. The quantitative estimate of drug-likeness (QED) is 0.406. The Morgan fingerprint density at radius 2 is 1.68 bits per heavy atom. The Kier molecular flexibility index (Phi) is 5.55. The van der Waals surface area contributed by atoms with Gasteiger partial charge in [0.05, 0.1) is 11.8 Å². The molecule has 1 aromatic heterocycles. The summed E-state index contributed by atoms with van der Waals surface area (Å²) in [6.45, 7) is 19.0. The number of allylic oxidation sites excluding steroid dienone is 4. The SMILES string of the molecule is CC1(C)CC[C@]2(Cn3ccnn3)CC[C@]3(C)[C@H](C(=O)C=C4[C@@]5(C)C=C(C#N)C(=O)C(C)(C)C5CC[C@]43C)[C@]2(C)C1. The number of fused-ring (bicyclic) bond motifs is 7. The summed E-state index contributed by atoms with van der Waals surface area (Å²) in [5, 5.41) is 18.4. The molecule has 3 saturated carbocycles. The highest BCUT2D eigenvalue weighted by Crippen LogP contribution is 2.77. The Morgan fingerprint density at radius 1 is 0.975 bits per heavy atom. The lowest BCUT2D eigenvalue weighted by atomic mass is 9.31. The minimum atomic E-state index is -0.642. The molecular formula is C34H46N4O2. The number of hydrogen-bond donors (Lipinski definition) is 0. The van der Waals surface area contributed by atoms with Crippen molar-refractivity contribution >= 4 is 11.6 Å². The van der Waals surface area contributed by atoms with Gasteiger partial charge in [-0.1, -0.05) is 72.3 Å². The molecule has 1 aromatic rings. The third-order valence-corrected chi connectivity index (χ3v) is 13.6. The average Bonchev–Trinajstić information content (AvgIpc) is 3.36. The number of ketones is 2. The fourth-order valence-corrected chi connectivity index (χ4v) is 11.5. The summed E-state index contributed by atoms with van der Waals surface area (Å²) in [4.78, 5) is 28.1. The van der Waals surface area contributed by atoms with Gasteiger partial charge in [-0.25, -0.2) is 0 Å². The van der Waals surface area contributed by atoms with Gasteiger partial charge in [0.1, 0.15) is 6.07 Å². The molecule has 6 heteroatoms. The number of nitrogens with zero attached hydrogens (tertiary/aromatic N) is 4. The summed E-state index contributed by atoms with van der Waals surface area (Å²) in [5.41, 5.74) is -0.198. The highest BCUT2D eigenvalue weighted by atomic mass is 16.1. The lowest BCUT2D eigenvalue weighted by Crippen LogP contribution is -2.68. The molecule has 0 spiro atoms. The van der Waals surface area contributed by atoms with Crippen molar-refractivity contribution in [1.29, 1.82) is 5.26 Å². The lowest BCUT2D eigenvalue weighted by molar-refractivity contribution is -0.211. The van der Waals surface area contributed by atoms with Crippen molar-refractivity contribution in [2.75, 3.05) is 0 Å². The molecule has 214 valence electrons. The standard InChI is InChI=1S/C34H46N4O2/c1-28(2)11-13-34(21-38-16-15-36-37-38)14-12-32(7)26(33(34,8)20-28)23(39)17-25-30(5)18-22(19-35)27(40)29(3,4)24(30)9-10-31(25,32)6/h15-18,24,26H,9-14,20-21H2,1-8H3/t24?,26-,30-,31+,32+,33-,34+/m0/s1. The predicted molar refractivity (Wildman–Crippen MR) is 154 cm³/mol. The molecular weight excluding hydrogens is 496 g/mol. The van der Waals surface area contributed by atoms with Gasteiger partial charge in [-0.2, -0.15) is 5.26 Å². The van der Waals surface area contributed by atoms with Crippen molar-refractivity contribution in [3.05, 3.63) is 35.7 Å². The summed E-state index contributed by atoms with van der Waals surface area (Å²) in [6, 6.07) is 2.22. The van der Waals surface area contributed by atoms with Crippen LogP contribution in [0.1, 0.15) is 100 Å².